The van der Waals surface area contributed by atoms with Crippen molar-refractivity contribution in [1.82, 2.24) is 5.16 Å². The molecule has 0 fully saturated rings. The van der Waals surface area contributed by atoms with E-state index in [1.54, 1.807) is 0 Å². The number of nitrogens with zero attached hydrogens (tertiary/aromatic N) is 3. The predicted molar refractivity (Wildman–Crippen MR) is 64.1 cm³/mol. The van der Waals surface area contributed by atoms with Crippen molar-refractivity contribution in [2.75, 3.05) is 0 Å². The lowest BCUT2D eigenvalue weighted by Crippen LogP contribution is -2.49. The molecule has 4 nitrogen and oxygen atoms in total. The predicted octanol–water partition coefficient (Wildman–Crippen LogP) is 4.88. The van der Waals surface area contributed by atoms with Crippen LogP contribution < -0.4 is 0 Å². The van der Waals surface area contributed by atoms with Gasteiger partial charge in [0.05, 0.1) is 17.8 Å². The van der Waals surface area contributed by atoms with Crippen molar-refractivity contribution >= 4 is 0 Å². The van der Waals surface area contributed by atoms with Crippen LogP contribution in [0.15, 0.2) is 10.6 Å². The van der Waals surface area contributed by atoms with Crippen LogP contribution in [0.1, 0.15) is 24.3 Å². The van der Waals surface area contributed by atoms with E-state index in [9.17, 15) is 43.9 Å². The Kier molecular flexibility index (Phi) is 5.76. The molecule has 1 rings (SSSR count). The van der Waals surface area contributed by atoms with Gasteiger partial charge in [0.15, 0.2) is 0 Å². The molecule has 0 atom stereocenters. The summed E-state index contributed by atoms with van der Waals surface area (Å²) in [5, 5.41) is 20.6. The molecule has 14 heteroatoms. The number of nitriles is 2. The normalized spacial score (nSPS) is 13.9. The van der Waals surface area contributed by atoms with Gasteiger partial charge in [-0.05, 0) is 6.42 Å². The average molecular weight is 411 g/mol. The highest BCUT2D eigenvalue weighted by molar-refractivity contribution is 5.22. The van der Waals surface area contributed by atoms with E-state index in [0.29, 0.717) is 0 Å². The van der Waals surface area contributed by atoms with E-state index in [2.05, 4.69) is 9.68 Å². The zero-order chi connectivity index (χ0) is 21.3. The summed E-state index contributed by atoms with van der Waals surface area (Å²) in [4.78, 5) is 0. The molecule has 0 N–H and O–H groups in total. The summed E-state index contributed by atoms with van der Waals surface area (Å²) in [6.07, 6.45) is -15.2. The van der Waals surface area contributed by atoms with E-state index < -0.39 is 60.3 Å². The SMILES string of the molecule is N#CC(C#N)(CCC(F)(F)F)Cc1cc(C(F)(F)C(F)(F)C(F)(F)F)on1. The second-order valence-corrected chi connectivity index (χ2v) is 5.43. The summed E-state index contributed by atoms with van der Waals surface area (Å²) in [6, 6.07) is 2.39. The highest BCUT2D eigenvalue weighted by atomic mass is 19.4. The van der Waals surface area contributed by atoms with Crippen molar-refractivity contribution < 1.29 is 48.4 Å². The third kappa shape index (κ3) is 4.61. The zero-order valence-corrected chi connectivity index (χ0v) is 12.7. The molecular weight excluding hydrogens is 404 g/mol. The van der Waals surface area contributed by atoms with Crippen LogP contribution in [0.5, 0.6) is 0 Å². The third-order valence-corrected chi connectivity index (χ3v) is 3.36. The van der Waals surface area contributed by atoms with Crippen molar-refractivity contribution in [2.24, 2.45) is 5.41 Å². The Morgan fingerprint density at radius 3 is 1.81 bits per heavy atom. The monoisotopic (exact) mass is 411 g/mol. The third-order valence-electron chi connectivity index (χ3n) is 3.36. The number of halogens is 10. The van der Waals surface area contributed by atoms with E-state index in [4.69, 9.17) is 10.5 Å². The molecule has 27 heavy (non-hydrogen) atoms. The molecule has 1 heterocycles. The van der Waals surface area contributed by atoms with Crippen molar-refractivity contribution in [3.63, 3.8) is 0 Å². The van der Waals surface area contributed by atoms with Crippen molar-refractivity contribution in [3.8, 4) is 12.1 Å². The summed E-state index contributed by atoms with van der Waals surface area (Å²) in [5.74, 6) is -14.6. The summed E-state index contributed by atoms with van der Waals surface area (Å²) >= 11 is 0. The Labute approximate surface area is 143 Å². The number of alkyl halides is 10. The fourth-order valence-electron chi connectivity index (χ4n) is 1.84. The highest BCUT2D eigenvalue weighted by Crippen LogP contribution is 2.52. The van der Waals surface area contributed by atoms with Crippen LogP contribution in [-0.2, 0) is 12.3 Å². The molecule has 0 saturated heterocycles. The lowest BCUT2D eigenvalue weighted by Gasteiger charge is -2.25. The maximum absolute atomic E-state index is 13.5. The first-order valence-corrected chi connectivity index (χ1v) is 6.69. The molecule has 0 aliphatic carbocycles. The van der Waals surface area contributed by atoms with Crippen LogP contribution in [0.3, 0.4) is 0 Å². The minimum atomic E-state index is -6.64. The first-order chi connectivity index (χ1) is 12.0. The van der Waals surface area contributed by atoms with Gasteiger partial charge < -0.3 is 4.52 Å². The second kappa shape index (κ2) is 6.90. The van der Waals surface area contributed by atoms with Gasteiger partial charge in [-0.25, -0.2) is 0 Å². The molecule has 0 aliphatic heterocycles. The lowest BCUT2D eigenvalue weighted by molar-refractivity contribution is -0.363. The van der Waals surface area contributed by atoms with Gasteiger partial charge >= 0.3 is 24.2 Å². The number of hydrogen-bond acceptors (Lipinski definition) is 4. The van der Waals surface area contributed by atoms with E-state index in [-0.39, 0.29) is 6.07 Å². The van der Waals surface area contributed by atoms with E-state index in [0.717, 1.165) is 0 Å². The highest BCUT2D eigenvalue weighted by Gasteiger charge is 2.75. The Morgan fingerprint density at radius 1 is 0.889 bits per heavy atom. The molecule has 0 aromatic carbocycles. The smallest absolute Gasteiger partial charge is 0.354 e. The lowest BCUT2D eigenvalue weighted by atomic mass is 9.81. The fourth-order valence-corrected chi connectivity index (χ4v) is 1.84. The van der Waals surface area contributed by atoms with Gasteiger partial charge in [0.2, 0.25) is 5.76 Å². The first-order valence-electron chi connectivity index (χ1n) is 6.69. The van der Waals surface area contributed by atoms with E-state index in [1.165, 1.54) is 12.1 Å². The van der Waals surface area contributed by atoms with Crippen LogP contribution in [0.4, 0.5) is 43.9 Å². The molecule has 1 aromatic heterocycles. The summed E-state index contributed by atoms with van der Waals surface area (Å²) in [5.41, 5.74) is -3.31. The molecule has 1 aromatic rings. The molecule has 0 bridgehead atoms. The van der Waals surface area contributed by atoms with Crippen LogP contribution in [0.2, 0.25) is 0 Å². The average Bonchev–Trinajstić information content (AvgIpc) is 2.98. The van der Waals surface area contributed by atoms with Gasteiger partial charge in [0, 0.05) is 18.9 Å². The molecule has 0 spiro atoms. The number of hydrogen-bond donors (Lipinski definition) is 0. The number of rotatable bonds is 6. The van der Waals surface area contributed by atoms with Crippen molar-refractivity contribution in [3.05, 3.63) is 17.5 Å². The van der Waals surface area contributed by atoms with Gasteiger partial charge in [-0.2, -0.15) is 54.4 Å². The van der Waals surface area contributed by atoms with Gasteiger partial charge in [0.1, 0.15) is 5.41 Å². The first kappa shape index (κ1) is 22.5. The molecule has 0 aliphatic rings. The van der Waals surface area contributed by atoms with Crippen LogP contribution in [0.25, 0.3) is 0 Å². The maximum Gasteiger partial charge on any atom is 0.460 e. The van der Waals surface area contributed by atoms with Crippen LogP contribution in [-0.4, -0.2) is 23.4 Å². The van der Waals surface area contributed by atoms with Crippen molar-refractivity contribution in [2.45, 2.75) is 43.5 Å². The standard InChI is InChI=1S/C13H7F10N3O/c14-10(15,16)2-1-9(5-24,6-25)4-7-3-8(27-26-7)11(17,18)12(19,20)13(21,22)23/h3H,1-2,4H2. The molecule has 0 unspecified atom stereocenters. The quantitative estimate of drug-likeness (QED) is 0.626. The molecule has 0 saturated carbocycles. The summed E-state index contributed by atoms with van der Waals surface area (Å²) in [6.45, 7) is 0. The summed E-state index contributed by atoms with van der Waals surface area (Å²) in [7, 11) is 0. The van der Waals surface area contributed by atoms with E-state index in [1.807, 2.05) is 0 Å². The Morgan fingerprint density at radius 2 is 1.41 bits per heavy atom. The minimum Gasteiger partial charge on any atom is -0.354 e. The number of aromatic nitrogens is 1. The molecule has 150 valence electrons. The minimum absolute atomic E-state index is 0.0727. The Bertz CT molecular complexity index is 736. The topological polar surface area (TPSA) is 73.6 Å². The van der Waals surface area contributed by atoms with Gasteiger partial charge in [0.25, 0.3) is 0 Å². The second-order valence-electron chi connectivity index (χ2n) is 5.43. The summed E-state index contributed by atoms with van der Waals surface area (Å²) < 4.78 is 130. The van der Waals surface area contributed by atoms with Gasteiger partial charge in [-0.3, -0.25) is 0 Å². The van der Waals surface area contributed by atoms with Gasteiger partial charge in [-0.1, -0.05) is 5.16 Å². The maximum atomic E-state index is 13.5. The molecule has 0 radical (unpaired) electrons. The van der Waals surface area contributed by atoms with Crippen molar-refractivity contribution in [1.29, 1.82) is 10.5 Å². The Balaban J connectivity index is 3.15. The molecule has 0 amide bonds. The van der Waals surface area contributed by atoms with Crippen LogP contribution >= 0.6 is 0 Å². The Hall–Kier alpha value is -2.51. The zero-order valence-electron chi connectivity index (χ0n) is 12.7. The van der Waals surface area contributed by atoms with Gasteiger partial charge in [-0.15, -0.1) is 0 Å². The fraction of sp³-hybridized carbons (Fsp3) is 0.615. The largest absolute Gasteiger partial charge is 0.460 e. The van der Waals surface area contributed by atoms with Crippen LogP contribution in [0, 0.1) is 28.1 Å². The van der Waals surface area contributed by atoms with E-state index >= 15 is 0 Å². The molecular formula is C13H7F10N3O.